The van der Waals surface area contributed by atoms with Gasteiger partial charge in [0.2, 0.25) is 5.76 Å². The molecule has 1 aromatic carbocycles. The second-order valence-corrected chi connectivity index (χ2v) is 5.32. The third-order valence-electron chi connectivity index (χ3n) is 3.88. The summed E-state index contributed by atoms with van der Waals surface area (Å²) < 4.78 is 5.23. The molecule has 2 heterocycles. The fraction of sp³-hybridized carbons (Fsp3) is 0.167. The third kappa shape index (κ3) is 3.13. The predicted molar refractivity (Wildman–Crippen MR) is 86.7 cm³/mol. The van der Waals surface area contributed by atoms with Crippen molar-refractivity contribution in [3.63, 3.8) is 0 Å². The van der Waals surface area contributed by atoms with Crippen molar-refractivity contribution in [1.29, 1.82) is 0 Å². The van der Waals surface area contributed by atoms with Crippen LogP contribution >= 0.6 is 0 Å². The molecule has 2 aromatic heterocycles. The van der Waals surface area contributed by atoms with Gasteiger partial charge in [-0.1, -0.05) is 35.5 Å². The van der Waals surface area contributed by atoms with E-state index in [2.05, 4.69) is 10.1 Å². The van der Waals surface area contributed by atoms with Gasteiger partial charge in [0.05, 0.1) is 6.04 Å². The molecular formula is C18H17N3O2. The van der Waals surface area contributed by atoms with Crippen LogP contribution in [-0.2, 0) is 0 Å². The van der Waals surface area contributed by atoms with Crippen LogP contribution in [0.15, 0.2) is 65.4 Å². The van der Waals surface area contributed by atoms with E-state index < -0.39 is 0 Å². The predicted octanol–water partition coefficient (Wildman–Crippen LogP) is 3.57. The van der Waals surface area contributed by atoms with Crippen molar-refractivity contribution in [3.05, 3.63) is 72.2 Å². The largest absolute Gasteiger partial charge is 0.350 e. The number of rotatable bonds is 4. The zero-order valence-corrected chi connectivity index (χ0v) is 13.0. The maximum atomic E-state index is 12.6. The van der Waals surface area contributed by atoms with Crippen LogP contribution in [0.5, 0.6) is 0 Å². The van der Waals surface area contributed by atoms with Crippen molar-refractivity contribution in [2.75, 3.05) is 7.05 Å². The molecule has 116 valence electrons. The molecule has 0 bridgehead atoms. The van der Waals surface area contributed by atoms with Crippen molar-refractivity contribution in [2.45, 2.75) is 13.0 Å². The second-order valence-electron chi connectivity index (χ2n) is 5.32. The SMILES string of the molecule is C[C@H](c1ccncc1)N(C)C(=O)c1cc(-c2ccccc2)no1. The molecule has 5 nitrogen and oxygen atoms in total. The molecule has 0 aliphatic heterocycles. The van der Waals surface area contributed by atoms with Crippen LogP contribution in [0.25, 0.3) is 11.3 Å². The normalized spacial score (nSPS) is 11.9. The molecule has 0 radical (unpaired) electrons. The lowest BCUT2D eigenvalue weighted by molar-refractivity contribution is 0.0700. The lowest BCUT2D eigenvalue weighted by atomic mass is 10.1. The van der Waals surface area contributed by atoms with E-state index in [1.165, 1.54) is 0 Å². The fourth-order valence-corrected chi connectivity index (χ4v) is 2.34. The highest BCUT2D eigenvalue weighted by Crippen LogP contribution is 2.23. The number of pyridine rings is 1. The highest BCUT2D eigenvalue weighted by Gasteiger charge is 2.22. The number of aromatic nitrogens is 2. The van der Waals surface area contributed by atoms with Crippen molar-refractivity contribution < 1.29 is 9.32 Å². The number of amides is 1. The summed E-state index contributed by atoms with van der Waals surface area (Å²) in [4.78, 5) is 18.2. The van der Waals surface area contributed by atoms with E-state index >= 15 is 0 Å². The summed E-state index contributed by atoms with van der Waals surface area (Å²) in [6.45, 7) is 1.96. The van der Waals surface area contributed by atoms with E-state index in [0.29, 0.717) is 5.69 Å². The van der Waals surface area contributed by atoms with Gasteiger partial charge in [-0.05, 0) is 24.6 Å². The van der Waals surface area contributed by atoms with Crippen molar-refractivity contribution >= 4 is 5.91 Å². The van der Waals surface area contributed by atoms with Gasteiger partial charge in [0.1, 0.15) is 5.69 Å². The Kier molecular flexibility index (Phi) is 4.19. The van der Waals surface area contributed by atoms with Crippen LogP contribution < -0.4 is 0 Å². The van der Waals surface area contributed by atoms with Gasteiger partial charge in [-0.3, -0.25) is 9.78 Å². The van der Waals surface area contributed by atoms with Gasteiger partial charge < -0.3 is 9.42 Å². The zero-order chi connectivity index (χ0) is 16.2. The maximum Gasteiger partial charge on any atom is 0.292 e. The minimum absolute atomic E-state index is 0.0872. The van der Waals surface area contributed by atoms with Crippen LogP contribution in [0.4, 0.5) is 0 Å². The van der Waals surface area contributed by atoms with Gasteiger partial charge in [-0.2, -0.15) is 0 Å². The van der Waals surface area contributed by atoms with Gasteiger partial charge in [-0.25, -0.2) is 0 Å². The second kappa shape index (κ2) is 6.44. The first-order valence-electron chi connectivity index (χ1n) is 7.36. The van der Waals surface area contributed by atoms with Gasteiger partial charge in [0.25, 0.3) is 5.91 Å². The molecule has 0 aliphatic carbocycles. The Morgan fingerprint density at radius 3 is 2.52 bits per heavy atom. The number of hydrogen-bond donors (Lipinski definition) is 0. The Labute approximate surface area is 134 Å². The van der Waals surface area contributed by atoms with E-state index in [4.69, 9.17) is 4.52 Å². The minimum atomic E-state index is -0.205. The number of carbonyl (C=O) groups excluding carboxylic acids is 1. The van der Waals surface area contributed by atoms with E-state index in [1.807, 2.05) is 49.4 Å². The molecule has 0 aliphatic rings. The standard InChI is InChI=1S/C18H17N3O2/c1-13(14-8-10-19-11-9-14)21(2)18(22)17-12-16(20-23-17)15-6-4-3-5-7-15/h3-13H,1-2H3/t13-/m1/s1. The Morgan fingerprint density at radius 1 is 1.13 bits per heavy atom. The molecule has 0 unspecified atom stereocenters. The summed E-state index contributed by atoms with van der Waals surface area (Å²) >= 11 is 0. The third-order valence-corrected chi connectivity index (χ3v) is 3.88. The molecule has 0 spiro atoms. The van der Waals surface area contributed by atoms with Crippen LogP contribution in [0.2, 0.25) is 0 Å². The summed E-state index contributed by atoms with van der Waals surface area (Å²) in [5.41, 5.74) is 2.58. The average Bonchev–Trinajstić information content (AvgIpc) is 3.11. The molecule has 1 amide bonds. The molecule has 1 atom stereocenters. The van der Waals surface area contributed by atoms with Crippen molar-refractivity contribution in [1.82, 2.24) is 15.0 Å². The Morgan fingerprint density at radius 2 is 1.83 bits per heavy atom. The first kappa shape index (κ1) is 15.0. The van der Waals surface area contributed by atoms with Gasteiger partial charge in [0.15, 0.2) is 0 Å². The topological polar surface area (TPSA) is 59.2 Å². The van der Waals surface area contributed by atoms with E-state index in [9.17, 15) is 4.79 Å². The average molecular weight is 307 g/mol. The molecule has 5 heteroatoms. The molecule has 0 N–H and O–H groups in total. The van der Waals surface area contributed by atoms with E-state index in [1.54, 1.807) is 30.4 Å². The van der Waals surface area contributed by atoms with Gasteiger partial charge >= 0.3 is 0 Å². The Bertz CT molecular complexity index is 784. The first-order chi connectivity index (χ1) is 11.2. The van der Waals surface area contributed by atoms with Gasteiger partial charge in [-0.15, -0.1) is 0 Å². The van der Waals surface area contributed by atoms with E-state index in [-0.39, 0.29) is 17.7 Å². The molecule has 0 fully saturated rings. The zero-order valence-electron chi connectivity index (χ0n) is 13.0. The molecule has 3 aromatic rings. The lowest BCUT2D eigenvalue weighted by Crippen LogP contribution is -2.29. The monoisotopic (exact) mass is 307 g/mol. The molecule has 0 saturated heterocycles. The fourth-order valence-electron chi connectivity index (χ4n) is 2.34. The van der Waals surface area contributed by atoms with E-state index in [0.717, 1.165) is 11.1 Å². The van der Waals surface area contributed by atoms with Crippen LogP contribution in [0.3, 0.4) is 0 Å². The number of benzene rings is 1. The van der Waals surface area contributed by atoms with Crippen molar-refractivity contribution in [2.24, 2.45) is 0 Å². The highest BCUT2D eigenvalue weighted by molar-refractivity contribution is 5.92. The van der Waals surface area contributed by atoms with Crippen LogP contribution in [0, 0.1) is 0 Å². The number of nitrogens with zero attached hydrogens (tertiary/aromatic N) is 3. The maximum absolute atomic E-state index is 12.6. The molecular weight excluding hydrogens is 290 g/mol. The van der Waals surface area contributed by atoms with Crippen LogP contribution in [0.1, 0.15) is 29.1 Å². The Balaban J connectivity index is 1.79. The van der Waals surface area contributed by atoms with Crippen LogP contribution in [-0.4, -0.2) is 28.0 Å². The smallest absolute Gasteiger partial charge is 0.292 e. The molecule has 0 saturated carbocycles. The summed E-state index contributed by atoms with van der Waals surface area (Å²) in [7, 11) is 1.75. The summed E-state index contributed by atoms with van der Waals surface area (Å²) in [6.07, 6.45) is 3.43. The lowest BCUT2D eigenvalue weighted by Gasteiger charge is -2.23. The Hall–Kier alpha value is -2.95. The first-order valence-corrected chi connectivity index (χ1v) is 7.36. The molecule has 23 heavy (non-hydrogen) atoms. The minimum Gasteiger partial charge on any atom is -0.350 e. The quantitative estimate of drug-likeness (QED) is 0.739. The van der Waals surface area contributed by atoms with Gasteiger partial charge in [0, 0.05) is 31.1 Å². The summed E-state index contributed by atoms with van der Waals surface area (Å²) in [5.74, 6) is 0.0243. The summed E-state index contributed by atoms with van der Waals surface area (Å²) in [5, 5.41) is 3.99. The highest BCUT2D eigenvalue weighted by atomic mass is 16.5. The number of hydrogen-bond acceptors (Lipinski definition) is 4. The number of carbonyl (C=O) groups is 1. The summed E-state index contributed by atoms with van der Waals surface area (Å²) in [6, 6.07) is 15.0. The van der Waals surface area contributed by atoms with Crippen molar-refractivity contribution in [3.8, 4) is 11.3 Å². The molecule has 3 rings (SSSR count).